The number of esters is 1. The molecule has 0 heterocycles. The van der Waals surface area contributed by atoms with Gasteiger partial charge in [-0.1, -0.05) is 17.2 Å². The van der Waals surface area contributed by atoms with Crippen molar-refractivity contribution in [2.24, 2.45) is 5.11 Å². The first kappa shape index (κ1) is 27.3. The van der Waals surface area contributed by atoms with Crippen LogP contribution in [0, 0.1) is 0 Å². The highest BCUT2D eigenvalue weighted by atomic mass is 16.5. The summed E-state index contributed by atoms with van der Waals surface area (Å²) in [4.78, 5) is 26.9. The van der Waals surface area contributed by atoms with E-state index in [-0.39, 0.29) is 32.7 Å². The topological polar surface area (TPSA) is 171 Å². The fourth-order valence-electron chi connectivity index (χ4n) is 2.89. The van der Waals surface area contributed by atoms with Gasteiger partial charge in [0.15, 0.2) is 5.78 Å². The molecule has 0 aliphatic heterocycles. The van der Waals surface area contributed by atoms with Crippen molar-refractivity contribution >= 4 is 11.8 Å². The Morgan fingerprint density at radius 3 is 2.31 bits per heavy atom. The van der Waals surface area contributed by atoms with E-state index in [9.17, 15) is 24.9 Å². The minimum absolute atomic E-state index is 0.0116. The Morgan fingerprint density at radius 1 is 1.12 bits per heavy atom. The van der Waals surface area contributed by atoms with E-state index in [0.717, 1.165) is 18.2 Å². The number of azide groups is 1. The van der Waals surface area contributed by atoms with E-state index in [1.54, 1.807) is 19.2 Å². The van der Waals surface area contributed by atoms with Crippen molar-refractivity contribution in [3.63, 3.8) is 0 Å². The summed E-state index contributed by atoms with van der Waals surface area (Å²) in [7, 11) is 1.57. The zero-order valence-electron chi connectivity index (χ0n) is 18.5. The predicted molar refractivity (Wildman–Crippen MR) is 114 cm³/mol. The molecule has 1 aromatic carbocycles. The van der Waals surface area contributed by atoms with Crippen molar-refractivity contribution in [2.45, 2.75) is 63.6 Å². The Kier molecular flexibility index (Phi) is 11.7. The number of hydrogen-bond acceptors (Lipinski definition) is 9. The van der Waals surface area contributed by atoms with Crippen molar-refractivity contribution in [1.29, 1.82) is 0 Å². The number of ketones is 1. The molecule has 0 saturated heterocycles. The number of carbonyl (C=O) groups excluding carboxylic acids is 2. The van der Waals surface area contributed by atoms with E-state index in [1.165, 1.54) is 6.92 Å². The second-order valence-electron chi connectivity index (χ2n) is 7.41. The van der Waals surface area contributed by atoms with E-state index in [1.807, 2.05) is 12.1 Å². The normalized spacial score (nSPS) is 15.6. The predicted octanol–water partition coefficient (Wildman–Crippen LogP) is 1.67. The molecule has 3 N–H and O–H groups in total. The monoisotopic (exact) mass is 453 g/mol. The maximum atomic E-state index is 12.4. The van der Waals surface area contributed by atoms with E-state index >= 15 is 0 Å². The second-order valence-corrected chi connectivity index (χ2v) is 7.41. The Hall–Kier alpha value is -2.69. The van der Waals surface area contributed by atoms with Gasteiger partial charge in [0.1, 0.15) is 5.75 Å². The molecule has 178 valence electrons. The average molecular weight is 453 g/mol. The molecular formula is C21H31N3O8. The summed E-state index contributed by atoms with van der Waals surface area (Å²) >= 11 is 0. The van der Waals surface area contributed by atoms with Crippen LogP contribution in [0.1, 0.15) is 38.7 Å². The molecule has 0 aliphatic carbocycles. The highest BCUT2D eigenvalue weighted by molar-refractivity contribution is 6.08. The molecule has 1 aromatic rings. The third-order valence-electron chi connectivity index (χ3n) is 4.71. The van der Waals surface area contributed by atoms with Crippen LogP contribution in [0.5, 0.6) is 5.75 Å². The second kappa shape index (κ2) is 13.7. The Labute approximate surface area is 186 Å². The molecule has 0 aliphatic rings. The van der Waals surface area contributed by atoms with Gasteiger partial charge < -0.3 is 29.5 Å². The lowest BCUT2D eigenvalue weighted by molar-refractivity contribution is -0.153. The van der Waals surface area contributed by atoms with Gasteiger partial charge in [0, 0.05) is 17.8 Å². The van der Waals surface area contributed by atoms with Crippen LogP contribution in [0.25, 0.3) is 10.4 Å². The first-order valence-electron chi connectivity index (χ1n) is 10.2. The van der Waals surface area contributed by atoms with Gasteiger partial charge in [0.05, 0.1) is 45.2 Å². The summed E-state index contributed by atoms with van der Waals surface area (Å²) in [6.07, 6.45) is -4.26. The number of ether oxygens (including phenoxy) is 3. The molecule has 11 heteroatoms. The van der Waals surface area contributed by atoms with E-state index in [0.29, 0.717) is 0 Å². The molecule has 1 unspecified atom stereocenters. The number of Topliss-reactive ketones (excluding diaryl/α,β-unsaturated/α-hetero) is 1. The maximum absolute atomic E-state index is 12.4. The first-order chi connectivity index (χ1) is 15.2. The zero-order chi connectivity index (χ0) is 24.1. The molecule has 0 radical (unpaired) electrons. The van der Waals surface area contributed by atoms with E-state index in [2.05, 4.69) is 10.0 Å². The van der Waals surface area contributed by atoms with Crippen LogP contribution >= 0.6 is 0 Å². The van der Waals surface area contributed by atoms with Gasteiger partial charge in [-0.3, -0.25) is 9.59 Å². The number of nitrogens with zero attached hydrogens (tertiary/aromatic N) is 3. The summed E-state index contributed by atoms with van der Waals surface area (Å²) < 4.78 is 15.3. The number of aliphatic hydroxyl groups excluding tert-OH is 3. The SMILES string of the molecule is CCOC(=O)C(C)(N=[N+]=[N-])C(=O)C[C@H](O)C[C@H](O)C[C@H](O)COCc1ccc(OC)cc1. The smallest absolute Gasteiger partial charge is 0.325 e. The van der Waals surface area contributed by atoms with Crippen molar-refractivity contribution in [1.82, 2.24) is 0 Å². The molecule has 0 spiro atoms. The lowest BCUT2D eigenvalue weighted by Crippen LogP contribution is -2.44. The summed E-state index contributed by atoms with van der Waals surface area (Å²) in [5.41, 5.74) is 7.44. The third kappa shape index (κ3) is 8.81. The van der Waals surface area contributed by atoms with Crippen molar-refractivity contribution < 1.29 is 39.1 Å². The van der Waals surface area contributed by atoms with Gasteiger partial charge in [-0.15, -0.1) is 0 Å². The van der Waals surface area contributed by atoms with Crippen LogP contribution in [-0.2, 0) is 25.7 Å². The Balaban J connectivity index is 2.46. The number of rotatable bonds is 15. The van der Waals surface area contributed by atoms with Crippen LogP contribution in [0.2, 0.25) is 0 Å². The molecule has 11 nitrogen and oxygen atoms in total. The minimum atomic E-state index is -2.11. The first-order valence-corrected chi connectivity index (χ1v) is 10.2. The highest BCUT2D eigenvalue weighted by Crippen LogP contribution is 2.20. The fourth-order valence-corrected chi connectivity index (χ4v) is 2.89. The fraction of sp³-hybridized carbons (Fsp3) is 0.619. The van der Waals surface area contributed by atoms with Crippen molar-refractivity contribution in [2.75, 3.05) is 20.3 Å². The molecule has 0 bridgehead atoms. The van der Waals surface area contributed by atoms with Crippen LogP contribution in [0.3, 0.4) is 0 Å². The number of hydrogen-bond donors (Lipinski definition) is 3. The molecular weight excluding hydrogens is 422 g/mol. The number of aliphatic hydroxyl groups is 3. The number of methoxy groups -OCH3 is 1. The van der Waals surface area contributed by atoms with Crippen LogP contribution < -0.4 is 4.74 Å². The van der Waals surface area contributed by atoms with Crippen LogP contribution in [-0.4, -0.2) is 71.2 Å². The summed E-state index contributed by atoms with van der Waals surface area (Å²) in [6.45, 7) is 2.87. The Bertz CT molecular complexity index is 782. The molecule has 1 rings (SSSR count). The lowest BCUT2D eigenvalue weighted by atomic mass is 9.91. The molecule has 0 saturated carbocycles. The molecule has 4 atom stereocenters. The van der Waals surface area contributed by atoms with Gasteiger partial charge in [-0.05, 0) is 43.5 Å². The lowest BCUT2D eigenvalue weighted by Gasteiger charge is -2.23. The van der Waals surface area contributed by atoms with Gasteiger partial charge in [0.2, 0.25) is 5.54 Å². The van der Waals surface area contributed by atoms with E-state index in [4.69, 9.17) is 19.7 Å². The largest absolute Gasteiger partial charge is 0.497 e. The van der Waals surface area contributed by atoms with Gasteiger partial charge in [-0.2, -0.15) is 0 Å². The maximum Gasteiger partial charge on any atom is 0.325 e. The quantitative estimate of drug-likeness (QED) is 0.118. The summed E-state index contributed by atoms with van der Waals surface area (Å²) in [5, 5.41) is 33.5. The van der Waals surface area contributed by atoms with Gasteiger partial charge in [0.25, 0.3) is 0 Å². The summed E-state index contributed by atoms with van der Waals surface area (Å²) in [6, 6.07) is 7.23. The minimum Gasteiger partial charge on any atom is -0.497 e. The molecule has 0 aromatic heterocycles. The van der Waals surface area contributed by atoms with Crippen molar-refractivity contribution in [3.8, 4) is 5.75 Å². The molecule has 0 amide bonds. The number of benzene rings is 1. The van der Waals surface area contributed by atoms with Crippen molar-refractivity contribution in [3.05, 3.63) is 40.3 Å². The third-order valence-corrected chi connectivity index (χ3v) is 4.71. The Morgan fingerprint density at radius 2 is 1.75 bits per heavy atom. The number of carbonyl (C=O) groups is 2. The highest BCUT2D eigenvalue weighted by Gasteiger charge is 2.42. The van der Waals surface area contributed by atoms with Gasteiger partial charge in [-0.25, -0.2) is 0 Å². The van der Waals surface area contributed by atoms with Crippen LogP contribution in [0.4, 0.5) is 0 Å². The van der Waals surface area contributed by atoms with E-state index < -0.39 is 42.0 Å². The van der Waals surface area contributed by atoms with Gasteiger partial charge >= 0.3 is 5.97 Å². The molecule has 32 heavy (non-hydrogen) atoms. The summed E-state index contributed by atoms with van der Waals surface area (Å²) in [5.74, 6) is -1.13. The average Bonchev–Trinajstić information content (AvgIpc) is 2.74. The zero-order valence-corrected chi connectivity index (χ0v) is 18.5. The molecule has 0 fully saturated rings. The van der Waals surface area contributed by atoms with Crippen LogP contribution in [0.15, 0.2) is 29.4 Å². The standard InChI is InChI=1S/C21H31N3O8/c1-4-32-20(29)21(2,23-24-22)19(28)11-16(26)9-15(25)10-17(27)13-31-12-14-5-7-18(30-3)8-6-14/h5-8,15-17,25-27H,4,9-13H2,1-3H3/t15-,16+,17-,21?/m0/s1.